The molecule has 1 amide bonds. The van der Waals surface area contributed by atoms with Crippen molar-refractivity contribution in [3.05, 3.63) is 34.9 Å². The molecule has 0 saturated carbocycles. The highest BCUT2D eigenvalue weighted by Crippen LogP contribution is 2.10. The highest BCUT2D eigenvalue weighted by Gasteiger charge is 2.25. The van der Waals surface area contributed by atoms with Gasteiger partial charge >= 0.3 is 0 Å². The Labute approximate surface area is 131 Å². The van der Waals surface area contributed by atoms with Gasteiger partial charge in [0.2, 0.25) is 5.91 Å². The van der Waals surface area contributed by atoms with E-state index in [4.69, 9.17) is 11.6 Å². The van der Waals surface area contributed by atoms with E-state index < -0.39 is 0 Å². The normalized spacial score (nSPS) is 15.0. The molecule has 1 fully saturated rings. The van der Waals surface area contributed by atoms with Gasteiger partial charge in [-0.1, -0.05) is 30.7 Å². The molecule has 1 heterocycles. The third kappa shape index (κ3) is 5.30. The summed E-state index contributed by atoms with van der Waals surface area (Å²) in [5.74, 6) is 0.109. The van der Waals surface area contributed by atoms with Crippen molar-refractivity contribution < 1.29 is 4.79 Å². The van der Waals surface area contributed by atoms with Gasteiger partial charge < -0.3 is 10.6 Å². The Morgan fingerprint density at radius 2 is 2.29 bits per heavy atom. The molecule has 0 bridgehead atoms. The molecule has 0 aliphatic carbocycles. The highest BCUT2D eigenvalue weighted by molar-refractivity contribution is 6.30. The first-order valence-corrected chi connectivity index (χ1v) is 8.02. The predicted octanol–water partition coefficient (Wildman–Crippen LogP) is 1.68. The highest BCUT2D eigenvalue weighted by atomic mass is 35.5. The molecule has 0 unspecified atom stereocenters. The molecule has 0 radical (unpaired) electrons. The van der Waals surface area contributed by atoms with Gasteiger partial charge in [0.15, 0.2) is 0 Å². The molecule has 0 aromatic heterocycles. The van der Waals surface area contributed by atoms with Gasteiger partial charge in [0.1, 0.15) is 0 Å². The van der Waals surface area contributed by atoms with Gasteiger partial charge in [-0.3, -0.25) is 9.69 Å². The Balaban J connectivity index is 1.70. The summed E-state index contributed by atoms with van der Waals surface area (Å²) in [4.78, 5) is 14.3. The third-order valence-electron chi connectivity index (χ3n) is 3.76. The zero-order valence-corrected chi connectivity index (χ0v) is 13.3. The van der Waals surface area contributed by atoms with Gasteiger partial charge in [0.05, 0.1) is 6.54 Å². The number of nitrogens with zero attached hydrogens (tertiary/aromatic N) is 1. The molecule has 1 saturated heterocycles. The predicted molar refractivity (Wildman–Crippen MR) is 86.7 cm³/mol. The Kier molecular flexibility index (Phi) is 6.49. The number of hydrogen-bond donors (Lipinski definition) is 2. The first-order valence-electron chi connectivity index (χ1n) is 7.65. The SMILES string of the molecule is CCCN(CC(=O)NCCc1cccc(Cl)c1)C1CNC1. The van der Waals surface area contributed by atoms with Crippen LogP contribution in [0.15, 0.2) is 24.3 Å². The van der Waals surface area contributed by atoms with Crippen LogP contribution in [0.25, 0.3) is 0 Å². The Morgan fingerprint density at radius 1 is 1.48 bits per heavy atom. The zero-order valence-electron chi connectivity index (χ0n) is 12.6. The summed E-state index contributed by atoms with van der Waals surface area (Å²) in [6.07, 6.45) is 1.89. The summed E-state index contributed by atoms with van der Waals surface area (Å²) in [7, 11) is 0. The number of amides is 1. The summed E-state index contributed by atoms with van der Waals surface area (Å²) in [6.45, 7) is 6.27. The molecule has 21 heavy (non-hydrogen) atoms. The van der Waals surface area contributed by atoms with Gasteiger partial charge in [-0.05, 0) is 37.1 Å². The number of carbonyl (C=O) groups is 1. The summed E-state index contributed by atoms with van der Waals surface area (Å²) >= 11 is 5.95. The first-order chi connectivity index (χ1) is 10.2. The van der Waals surface area contributed by atoms with Crippen LogP contribution >= 0.6 is 11.6 Å². The number of rotatable bonds is 8. The van der Waals surface area contributed by atoms with Crippen LogP contribution in [-0.2, 0) is 11.2 Å². The minimum Gasteiger partial charge on any atom is -0.355 e. The van der Waals surface area contributed by atoms with Crippen molar-refractivity contribution in [3.63, 3.8) is 0 Å². The molecule has 4 nitrogen and oxygen atoms in total. The van der Waals surface area contributed by atoms with E-state index in [1.54, 1.807) is 0 Å². The van der Waals surface area contributed by atoms with Crippen LogP contribution < -0.4 is 10.6 Å². The minimum atomic E-state index is 0.109. The number of carbonyl (C=O) groups excluding carboxylic acids is 1. The summed E-state index contributed by atoms with van der Waals surface area (Å²) in [5.41, 5.74) is 1.15. The largest absolute Gasteiger partial charge is 0.355 e. The smallest absolute Gasteiger partial charge is 0.234 e. The van der Waals surface area contributed by atoms with Crippen LogP contribution in [0.4, 0.5) is 0 Å². The lowest BCUT2D eigenvalue weighted by atomic mass is 10.1. The molecule has 0 atom stereocenters. The number of nitrogens with one attached hydrogen (secondary N) is 2. The van der Waals surface area contributed by atoms with Crippen molar-refractivity contribution in [3.8, 4) is 0 Å². The average molecular weight is 310 g/mol. The number of benzene rings is 1. The molecule has 1 aromatic carbocycles. The van der Waals surface area contributed by atoms with Gasteiger partial charge in [0.25, 0.3) is 0 Å². The maximum atomic E-state index is 12.0. The standard InChI is InChI=1S/C16H24ClN3O/c1-2-8-20(15-10-18-11-15)12-16(21)19-7-6-13-4-3-5-14(17)9-13/h3-5,9,15,18H,2,6-8,10-12H2,1H3,(H,19,21). The van der Waals surface area contributed by atoms with E-state index in [2.05, 4.69) is 22.5 Å². The molecule has 1 aliphatic heterocycles. The molecule has 116 valence electrons. The average Bonchev–Trinajstić information content (AvgIpc) is 2.37. The molecule has 2 N–H and O–H groups in total. The van der Waals surface area contributed by atoms with Gasteiger partial charge in [0, 0.05) is 30.7 Å². The van der Waals surface area contributed by atoms with Crippen LogP contribution in [0.1, 0.15) is 18.9 Å². The molecule has 1 aromatic rings. The first kappa shape index (κ1) is 16.3. The lowest BCUT2D eigenvalue weighted by Crippen LogP contribution is -2.59. The number of hydrogen-bond acceptors (Lipinski definition) is 3. The van der Waals surface area contributed by atoms with Crippen LogP contribution in [0.5, 0.6) is 0 Å². The second-order valence-electron chi connectivity index (χ2n) is 5.51. The fraction of sp³-hybridized carbons (Fsp3) is 0.562. The van der Waals surface area contributed by atoms with E-state index in [-0.39, 0.29) is 5.91 Å². The zero-order chi connectivity index (χ0) is 15.1. The van der Waals surface area contributed by atoms with Crippen molar-refractivity contribution in [1.29, 1.82) is 0 Å². The van der Waals surface area contributed by atoms with Crippen molar-refractivity contribution in [2.75, 3.05) is 32.7 Å². The van der Waals surface area contributed by atoms with E-state index in [1.165, 1.54) is 0 Å². The van der Waals surface area contributed by atoms with Gasteiger partial charge in [-0.2, -0.15) is 0 Å². The fourth-order valence-corrected chi connectivity index (χ4v) is 2.70. The molecular weight excluding hydrogens is 286 g/mol. The van der Waals surface area contributed by atoms with E-state index in [9.17, 15) is 4.79 Å². The maximum absolute atomic E-state index is 12.0. The van der Waals surface area contributed by atoms with E-state index in [0.29, 0.717) is 19.1 Å². The topological polar surface area (TPSA) is 44.4 Å². The molecule has 1 aliphatic rings. The Hall–Kier alpha value is -1.10. The molecule has 0 spiro atoms. The lowest BCUT2D eigenvalue weighted by molar-refractivity contribution is -0.123. The maximum Gasteiger partial charge on any atom is 0.234 e. The molecular formula is C16H24ClN3O. The molecule has 2 rings (SSSR count). The van der Waals surface area contributed by atoms with E-state index in [1.807, 2.05) is 24.3 Å². The van der Waals surface area contributed by atoms with Crippen LogP contribution in [-0.4, -0.2) is 49.6 Å². The Morgan fingerprint density at radius 3 is 2.90 bits per heavy atom. The van der Waals surface area contributed by atoms with Crippen molar-refractivity contribution in [1.82, 2.24) is 15.5 Å². The monoisotopic (exact) mass is 309 g/mol. The van der Waals surface area contributed by atoms with Crippen molar-refractivity contribution >= 4 is 17.5 Å². The second kappa shape index (κ2) is 8.37. The summed E-state index contributed by atoms with van der Waals surface area (Å²) < 4.78 is 0. The summed E-state index contributed by atoms with van der Waals surface area (Å²) in [6, 6.07) is 8.28. The Bertz CT molecular complexity index is 463. The fourth-order valence-electron chi connectivity index (χ4n) is 2.49. The number of halogens is 1. The van der Waals surface area contributed by atoms with Crippen LogP contribution in [0.3, 0.4) is 0 Å². The minimum absolute atomic E-state index is 0.109. The van der Waals surface area contributed by atoms with Crippen molar-refractivity contribution in [2.45, 2.75) is 25.8 Å². The third-order valence-corrected chi connectivity index (χ3v) is 3.99. The van der Waals surface area contributed by atoms with Crippen LogP contribution in [0, 0.1) is 0 Å². The quantitative estimate of drug-likeness (QED) is 0.768. The van der Waals surface area contributed by atoms with Gasteiger partial charge in [-0.15, -0.1) is 0 Å². The van der Waals surface area contributed by atoms with Crippen LogP contribution in [0.2, 0.25) is 5.02 Å². The van der Waals surface area contributed by atoms with E-state index >= 15 is 0 Å². The second-order valence-corrected chi connectivity index (χ2v) is 5.95. The van der Waals surface area contributed by atoms with Gasteiger partial charge in [-0.25, -0.2) is 0 Å². The van der Waals surface area contributed by atoms with E-state index in [0.717, 1.165) is 43.1 Å². The molecule has 5 heteroatoms. The summed E-state index contributed by atoms with van der Waals surface area (Å²) in [5, 5.41) is 7.00. The van der Waals surface area contributed by atoms with Crippen molar-refractivity contribution in [2.24, 2.45) is 0 Å². The lowest BCUT2D eigenvalue weighted by Gasteiger charge is -2.37.